The molecular weight excluding hydrogens is 260 g/mol. The third kappa shape index (κ3) is 3.29. The smallest absolute Gasteiger partial charge is 0.120 e. The molecule has 2 atom stereocenters. The Hall–Kier alpha value is -1.15. The minimum atomic E-state index is -1.69. The average molecular weight is 287 g/mol. The fraction of sp³-hybridized carbons (Fsp3) is 0.500. The molecule has 0 spiro atoms. The summed E-state index contributed by atoms with van der Waals surface area (Å²) in [5.74, 6) is 0.497. The average Bonchev–Trinajstić information content (AvgIpc) is 2.49. The summed E-state index contributed by atoms with van der Waals surface area (Å²) in [5, 5.41) is 1.43. The van der Waals surface area contributed by atoms with Crippen molar-refractivity contribution in [3.63, 3.8) is 0 Å². The van der Waals surface area contributed by atoms with Gasteiger partial charge in [-0.15, -0.1) is 0 Å². The molecule has 0 N–H and O–H groups in total. The molecule has 2 rings (SSSR count). The molecule has 0 saturated heterocycles. The Morgan fingerprint density at radius 1 is 1.40 bits per heavy atom. The summed E-state index contributed by atoms with van der Waals surface area (Å²) in [6.07, 6.45) is 7.31. The molecule has 0 bridgehead atoms. The molecule has 1 nitrogen and oxygen atoms in total. The first-order valence-corrected chi connectivity index (χ1v) is 10.6. The second-order valence-electron chi connectivity index (χ2n) is 6.47. The maximum absolute atomic E-state index is 10.8. The topological polar surface area (TPSA) is 17.1 Å². The first-order chi connectivity index (χ1) is 10.1. The molecule has 0 amide bonds. The molecule has 0 heterocycles. The van der Waals surface area contributed by atoms with Crippen LogP contribution in [-0.4, -0.2) is 14.4 Å². The van der Waals surface area contributed by atoms with Crippen molar-refractivity contribution < 1.29 is 6.17 Å². The molecular formula is C18H26OSi. The summed E-state index contributed by atoms with van der Waals surface area (Å²) < 4.78 is 8.09. The minimum Gasteiger partial charge on any atom is -0.303 e. The third-order valence-corrected chi connectivity index (χ3v) is 8.71. The predicted octanol–water partition coefficient (Wildman–Crippen LogP) is 4.31. The quantitative estimate of drug-likeness (QED) is 0.448. The molecule has 1 aromatic carbocycles. The van der Waals surface area contributed by atoms with E-state index in [2.05, 4.69) is 49.5 Å². The Bertz CT molecular complexity index is 495. The summed E-state index contributed by atoms with van der Waals surface area (Å²) in [4.78, 5) is 10.8. The molecule has 0 unspecified atom stereocenters. The largest absolute Gasteiger partial charge is 0.303 e. The van der Waals surface area contributed by atoms with Gasteiger partial charge in [-0.05, 0) is 30.7 Å². The Labute approximate surface area is 125 Å². The number of rotatable bonds is 5. The molecule has 0 aromatic heterocycles. The molecule has 0 aliphatic heterocycles. The van der Waals surface area contributed by atoms with E-state index in [1.807, 2.05) is 0 Å². The van der Waals surface area contributed by atoms with E-state index in [0.29, 0.717) is 24.8 Å². The fourth-order valence-corrected chi connectivity index (χ4v) is 5.79. The van der Waals surface area contributed by atoms with E-state index in [9.17, 15) is 4.79 Å². The Morgan fingerprint density at radius 2 is 2.15 bits per heavy atom. The summed E-state index contributed by atoms with van der Waals surface area (Å²) in [7, 11) is -1.69. The molecule has 1 aliphatic carbocycles. The van der Waals surface area contributed by atoms with Crippen LogP contribution in [-0.2, 0) is 4.79 Å². The standard InChI is InChI=1S/C18H26OSi/c1-15(17-9-7-8-16(14-17)12-13-19)20(2,3)18-10-5-4-6-11-18/h4-6,9-11,13,15-16H,7-8,12,14H2,1-3H3/t15-,16+/m1/s1/i1D. The highest BCUT2D eigenvalue weighted by Crippen LogP contribution is 2.37. The van der Waals surface area contributed by atoms with Crippen LogP contribution in [0.4, 0.5) is 0 Å². The van der Waals surface area contributed by atoms with Crippen molar-refractivity contribution in [2.75, 3.05) is 0 Å². The zero-order valence-electron chi connectivity index (χ0n) is 13.6. The van der Waals surface area contributed by atoms with E-state index in [1.54, 1.807) is 0 Å². The van der Waals surface area contributed by atoms with Crippen molar-refractivity contribution in [1.82, 2.24) is 0 Å². The highest BCUT2D eigenvalue weighted by Gasteiger charge is 2.33. The number of carbonyl (C=O) groups is 1. The van der Waals surface area contributed by atoms with Gasteiger partial charge in [0.1, 0.15) is 6.29 Å². The van der Waals surface area contributed by atoms with Crippen LogP contribution >= 0.6 is 0 Å². The van der Waals surface area contributed by atoms with Crippen LogP contribution in [0.25, 0.3) is 0 Å². The number of carbonyl (C=O) groups excluding carboxylic acids is 1. The van der Waals surface area contributed by atoms with E-state index in [-0.39, 0.29) is 0 Å². The summed E-state index contributed by atoms with van der Waals surface area (Å²) in [6.45, 7) is 5.23. The van der Waals surface area contributed by atoms with Crippen molar-refractivity contribution >= 4 is 19.5 Å². The van der Waals surface area contributed by atoms with Crippen molar-refractivity contribution in [3.8, 4) is 0 Å². The third-order valence-electron chi connectivity index (χ3n) is 4.77. The minimum absolute atomic E-state index is 0.370. The van der Waals surface area contributed by atoms with E-state index in [0.717, 1.165) is 25.5 Å². The van der Waals surface area contributed by atoms with Crippen LogP contribution in [0.1, 0.15) is 34.0 Å². The molecule has 0 fully saturated rings. The van der Waals surface area contributed by atoms with Crippen molar-refractivity contribution in [2.24, 2.45) is 5.92 Å². The molecule has 1 aromatic rings. The van der Waals surface area contributed by atoms with Gasteiger partial charge >= 0.3 is 0 Å². The lowest BCUT2D eigenvalue weighted by Gasteiger charge is -2.35. The summed E-state index contributed by atoms with van der Waals surface area (Å²) in [6, 6.07) is 10.7. The normalized spacial score (nSPS) is 21.8. The van der Waals surface area contributed by atoms with Crippen LogP contribution in [0, 0.1) is 5.92 Å². The van der Waals surface area contributed by atoms with Crippen molar-refractivity contribution in [3.05, 3.63) is 42.0 Å². The van der Waals surface area contributed by atoms with E-state index in [4.69, 9.17) is 1.37 Å². The van der Waals surface area contributed by atoms with E-state index < -0.39 is 8.07 Å². The Balaban J connectivity index is 2.23. The lowest BCUT2D eigenvalue weighted by atomic mass is 9.86. The lowest BCUT2D eigenvalue weighted by molar-refractivity contribution is -0.108. The second kappa shape index (κ2) is 6.53. The van der Waals surface area contributed by atoms with Gasteiger partial charge in [0.15, 0.2) is 0 Å². The zero-order valence-corrected chi connectivity index (χ0v) is 13.6. The zero-order chi connectivity index (χ0) is 15.3. The van der Waals surface area contributed by atoms with Gasteiger partial charge in [-0.1, -0.05) is 67.2 Å². The highest BCUT2D eigenvalue weighted by atomic mass is 28.3. The molecule has 2 heteroatoms. The SMILES string of the molecule is [2H]C[C@H](C1=CCC[C@@H](CC=O)C1)[Si](C)(C)c1ccccc1. The molecule has 0 saturated carbocycles. The van der Waals surface area contributed by atoms with Gasteiger partial charge in [0.05, 0.1) is 8.07 Å². The molecule has 20 heavy (non-hydrogen) atoms. The van der Waals surface area contributed by atoms with Crippen LogP contribution in [0.15, 0.2) is 42.0 Å². The Morgan fingerprint density at radius 3 is 2.80 bits per heavy atom. The van der Waals surface area contributed by atoms with Crippen LogP contribution in [0.3, 0.4) is 0 Å². The van der Waals surface area contributed by atoms with Crippen LogP contribution < -0.4 is 5.19 Å². The van der Waals surface area contributed by atoms with Crippen molar-refractivity contribution in [2.45, 2.75) is 51.2 Å². The van der Waals surface area contributed by atoms with Gasteiger partial charge in [0.25, 0.3) is 0 Å². The van der Waals surface area contributed by atoms with Gasteiger partial charge in [-0.2, -0.15) is 0 Å². The second-order valence-corrected chi connectivity index (χ2v) is 11.2. The van der Waals surface area contributed by atoms with Gasteiger partial charge in [-0.3, -0.25) is 0 Å². The summed E-state index contributed by atoms with van der Waals surface area (Å²) in [5.41, 5.74) is 1.82. The Kier molecular flexibility index (Phi) is 4.51. The predicted molar refractivity (Wildman–Crippen MR) is 89.1 cm³/mol. The monoisotopic (exact) mass is 287 g/mol. The number of aldehydes is 1. The lowest BCUT2D eigenvalue weighted by Crippen LogP contribution is -2.45. The summed E-state index contributed by atoms with van der Waals surface area (Å²) >= 11 is 0. The number of hydrogen-bond donors (Lipinski definition) is 0. The maximum Gasteiger partial charge on any atom is 0.120 e. The fourth-order valence-electron chi connectivity index (χ4n) is 3.18. The number of hydrogen-bond acceptors (Lipinski definition) is 1. The number of allylic oxidation sites excluding steroid dienone is 2. The van der Waals surface area contributed by atoms with Crippen LogP contribution in [0.2, 0.25) is 18.6 Å². The maximum atomic E-state index is 10.8. The first-order valence-electron chi connectivity index (χ1n) is 8.27. The van der Waals surface area contributed by atoms with Gasteiger partial charge in [0.2, 0.25) is 0 Å². The molecule has 108 valence electrons. The van der Waals surface area contributed by atoms with Gasteiger partial charge in [-0.25, -0.2) is 0 Å². The molecule has 1 aliphatic rings. The highest BCUT2D eigenvalue weighted by molar-refractivity contribution is 6.91. The van der Waals surface area contributed by atoms with Gasteiger partial charge < -0.3 is 4.79 Å². The van der Waals surface area contributed by atoms with Gasteiger partial charge in [0, 0.05) is 7.79 Å². The number of benzene rings is 1. The van der Waals surface area contributed by atoms with Crippen LogP contribution in [0.5, 0.6) is 0 Å². The van der Waals surface area contributed by atoms with E-state index >= 15 is 0 Å². The van der Waals surface area contributed by atoms with E-state index in [1.165, 1.54) is 10.8 Å². The molecule has 0 radical (unpaired) electrons. The first kappa shape index (κ1) is 13.8. The van der Waals surface area contributed by atoms with Crippen molar-refractivity contribution in [1.29, 1.82) is 0 Å².